The summed E-state index contributed by atoms with van der Waals surface area (Å²) in [7, 11) is 0. The fourth-order valence-electron chi connectivity index (χ4n) is 5.05. The van der Waals surface area contributed by atoms with E-state index in [0.29, 0.717) is 5.88 Å². The van der Waals surface area contributed by atoms with Crippen molar-refractivity contribution < 1.29 is 9.53 Å². The summed E-state index contributed by atoms with van der Waals surface area (Å²) in [5, 5.41) is 11.5. The highest BCUT2D eigenvalue weighted by Gasteiger charge is 2.35. The highest BCUT2D eigenvalue weighted by atomic mass is 16.5. The molecular formula is C29H39N5O2. The van der Waals surface area contributed by atoms with Crippen LogP contribution in [0.1, 0.15) is 74.9 Å². The molecule has 7 heteroatoms. The first-order valence-corrected chi connectivity index (χ1v) is 12.9. The topological polar surface area (TPSA) is 83.1 Å². The van der Waals surface area contributed by atoms with E-state index in [0.717, 1.165) is 48.3 Å². The zero-order chi connectivity index (χ0) is 25.9. The van der Waals surface area contributed by atoms with Crippen LogP contribution in [0.4, 0.5) is 0 Å². The molecule has 1 saturated heterocycles. The van der Waals surface area contributed by atoms with Crippen LogP contribution in [0.25, 0.3) is 11.3 Å². The molecule has 7 nitrogen and oxygen atoms in total. The van der Waals surface area contributed by atoms with Crippen molar-refractivity contribution in [2.45, 2.75) is 66.5 Å². The average Bonchev–Trinajstić information content (AvgIpc) is 3.52. The van der Waals surface area contributed by atoms with Crippen LogP contribution in [0.2, 0.25) is 0 Å². The van der Waals surface area contributed by atoms with Gasteiger partial charge in [-0.1, -0.05) is 17.2 Å². The number of pyridine rings is 1. The smallest absolute Gasteiger partial charge is 0.238 e. The van der Waals surface area contributed by atoms with Gasteiger partial charge in [0.15, 0.2) is 0 Å². The third kappa shape index (κ3) is 5.78. The van der Waals surface area contributed by atoms with E-state index in [2.05, 4.69) is 66.4 Å². The molecule has 2 atom stereocenters. The lowest BCUT2D eigenvalue weighted by molar-refractivity contribution is -0.140. The number of nitrogens with one attached hydrogen (secondary N) is 2. The molecule has 0 bridgehead atoms. The predicted octanol–water partition coefficient (Wildman–Crippen LogP) is 5.53. The summed E-state index contributed by atoms with van der Waals surface area (Å²) in [6, 6.07) is 10.6. The molecule has 1 aromatic carbocycles. The van der Waals surface area contributed by atoms with Crippen molar-refractivity contribution >= 4 is 5.91 Å². The molecule has 0 saturated carbocycles. The van der Waals surface area contributed by atoms with Crippen molar-refractivity contribution in [1.82, 2.24) is 25.4 Å². The van der Waals surface area contributed by atoms with E-state index in [9.17, 15) is 4.79 Å². The molecule has 0 radical (unpaired) electrons. The first-order chi connectivity index (χ1) is 17.2. The Bertz CT molecular complexity index is 1160. The molecule has 0 aliphatic carbocycles. The summed E-state index contributed by atoms with van der Waals surface area (Å²) in [5.41, 5.74) is 5.87. The van der Waals surface area contributed by atoms with Crippen LogP contribution in [0, 0.1) is 19.3 Å². The fraction of sp³-hybridized carbons (Fsp3) is 0.483. The van der Waals surface area contributed by atoms with Gasteiger partial charge >= 0.3 is 0 Å². The van der Waals surface area contributed by atoms with Gasteiger partial charge in [-0.3, -0.25) is 14.9 Å². The number of nitrogens with zero attached hydrogens (tertiary/aromatic N) is 3. The maximum Gasteiger partial charge on any atom is 0.238 e. The maximum absolute atomic E-state index is 13.1. The number of aromatic nitrogens is 3. The fourth-order valence-corrected chi connectivity index (χ4v) is 5.05. The predicted molar refractivity (Wildman–Crippen MR) is 143 cm³/mol. The summed E-state index contributed by atoms with van der Waals surface area (Å²) in [6.45, 7) is 14.3. The number of carbonyl (C=O) groups is 1. The van der Waals surface area contributed by atoms with Crippen molar-refractivity contribution in [2.75, 3.05) is 19.7 Å². The minimum Gasteiger partial charge on any atom is -0.475 e. The number of rotatable bonds is 9. The van der Waals surface area contributed by atoms with Crippen LogP contribution in [-0.4, -0.2) is 45.7 Å². The number of carbonyl (C=O) groups excluding carboxylic acids is 1. The van der Waals surface area contributed by atoms with Crippen LogP contribution < -0.4 is 10.1 Å². The third-order valence-electron chi connectivity index (χ3n) is 6.96. The van der Waals surface area contributed by atoms with Gasteiger partial charge in [-0.2, -0.15) is 0 Å². The molecule has 2 aromatic heterocycles. The molecule has 3 aromatic rings. The SMILES string of the molecule is Cc1cc(C)cc(-c2[nH]nc(OCC(C)(C)C(=O)N3CCCC3)c2C(C)NC(C)c2ccncc2)c1. The van der Waals surface area contributed by atoms with E-state index < -0.39 is 5.41 Å². The van der Waals surface area contributed by atoms with Crippen molar-refractivity contribution in [3.05, 3.63) is 65.0 Å². The number of hydrogen-bond donors (Lipinski definition) is 2. The molecule has 2 unspecified atom stereocenters. The van der Waals surface area contributed by atoms with Gasteiger partial charge in [0.25, 0.3) is 0 Å². The molecule has 4 rings (SSSR count). The van der Waals surface area contributed by atoms with Crippen molar-refractivity contribution in [3.8, 4) is 17.1 Å². The van der Waals surface area contributed by atoms with Gasteiger partial charge in [-0.15, -0.1) is 5.10 Å². The quantitative estimate of drug-likeness (QED) is 0.413. The van der Waals surface area contributed by atoms with E-state index in [1.807, 2.05) is 43.3 Å². The first-order valence-electron chi connectivity index (χ1n) is 12.9. The second-order valence-corrected chi connectivity index (χ2v) is 10.8. The Morgan fingerprint density at radius 3 is 2.36 bits per heavy atom. The number of amides is 1. The Labute approximate surface area is 214 Å². The van der Waals surface area contributed by atoms with E-state index in [1.165, 1.54) is 11.1 Å². The van der Waals surface area contributed by atoms with Crippen molar-refractivity contribution in [3.63, 3.8) is 0 Å². The standard InChI is InChI=1S/C29H39N5O2/c1-19-15-20(2)17-24(16-19)26-25(22(4)31-21(3)23-9-11-30-12-10-23)27(33-32-26)36-18-29(5,6)28(35)34-13-7-8-14-34/h9-12,15-17,21-22,31H,7-8,13-14,18H2,1-6H3,(H,32,33). The highest BCUT2D eigenvalue weighted by molar-refractivity contribution is 5.82. The summed E-state index contributed by atoms with van der Waals surface area (Å²) in [6.07, 6.45) is 5.77. The number of benzene rings is 1. The van der Waals surface area contributed by atoms with E-state index in [-0.39, 0.29) is 24.6 Å². The van der Waals surface area contributed by atoms with Gasteiger partial charge in [-0.05, 0) is 84.2 Å². The number of likely N-dealkylation sites (tertiary alicyclic amines) is 1. The third-order valence-corrected chi connectivity index (χ3v) is 6.96. The molecule has 1 fully saturated rings. The highest BCUT2D eigenvalue weighted by Crippen LogP contribution is 2.36. The number of H-pyrrole nitrogens is 1. The van der Waals surface area contributed by atoms with Crippen molar-refractivity contribution in [2.24, 2.45) is 5.41 Å². The monoisotopic (exact) mass is 489 g/mol. The van der Waals surface area contributed by atoms with Crippen LogP contribution in [0.3, 0.4) is 0 Å². The Morgan fingerprint density at radius 1 is 1.08 bits per heavy atom. The van der Waals surface area contributed by atoms with Gasteiger partial charge in [0.2, 0.25) is 11.8 Å². The molecule has 1 aliphatic rings. The van der Waals surface area contributed by atoms with Crippen molar-refractivity contribution in [1.29, 1.82) is 0 Å². The zero-order valence-corrected chi connectivity index (χ0v) is 22.4. The van der Waals surface area contributed by atoms with E-state index >= 15 is 0 Å². The largest absolute Gasteiger partial charge is 0.475 e. The van der Waals surface area contributed by atoms with Crippen LogP contribution in [-0.2, 0) is 4.79 Å². The Morgan fingerprint density at radius 2 is 1.72 bits per heavy atom. The molecular weight excluding hydrogens is 450 g/mol. The normalized spacial score (nSPS) is 15.7. The zero-order valence-electron chi connectivity index (χ0n) is 22.4. The molecule has 1 amide bonds. The average molecular weight is 490 g/mol. The summed E-state index contributed by atoms with van der Waals surface area (Å²) in [5.74, 6) is 0.678. The Balaban J connectivity index is 1.62. The second kappa shape index (κ2) is 10.8. The lowest BCUT2D eigenvalue weighted by Gasteiger charge is -2.29. The molecule has 1 aliphatic heterocycles. The molecule has 0 spiro atoms. The summed E-state index contributed by atoms with van der Waals surface area (Å²) >= 11 is 0. The van der Waals surface area contributed by atoms with Crippen LogP contribution in [0.5, 0.6) is 5.88 Å². The van der Waals surface area contributed by atoms with Gasteiger partial charge in [0, 0.05) is 43.1 Å². The number of aryl methyl sites for hydroxylation is 2. The maximum atomic E-state index is 13.1. The lowest BCUT2D eigenvalue weighted by atomic mass is 9.92. The summed E-state index contributed by atoms with van der Waals surface area (Å²) < 4.78 is 6.31. The molecule has 36 heavy (non-hydrogen) atoms. The Kier molecular flexibility index (Phi) is 7.79. The molecule has 2 N–H and O–H groups in total. The van der Waals surface area contributed by atoms with Crippen LogP contribution >= 0.6 is 0 Å². The van der Waals surface area contributed by atoms with E-state index in [1.54, 1.807) is 0 Å². The minimum absolute atomic E-state index is 0.0601. The second-order valence-electron chi connectivity index (χ2n) is 10.8. The number of hydrogen-bond acceptors (Lipinski definition) is 5. The van der Waals surface area contributed by atoms with Gasteiger partial charge in [-0.25, -0.2) is 0 Å². The number of aromatic amines is 1. The van der Waals surface area contributed by atoms with E-state index in [4.69, 9.17) is 4.74 Å². The van der Waals surface area contributed by atoms with Gasteiger partial charge in [0.05, 0.1) is 16.7 Å². The number of ether oxygens (including phenoxy) is 1. The van der Waals surface area contributed by atoms with Gasteiger partial charge < -0.3 is 15.0 Å². The molecule has 192 valence electrons. The minimum atomic E-state index is -0.637. The lowest BCUT2D eigenvalue weighted by Crippen LogP contribution is -2.42. The Hall–Kier alpha value is -3.19. The molecule has 3 heterocycles. The summed E-state index contributed by atoms with van der Waals surface area (Å²) in [4.78, 5) is 19.2. The van der Waals surface area contributed by atoms with Gasteiger partial charge in [0.1, 0.15) is 6.61 Å². The van der Waals surface area contributed by atoms with Crippen LogP contribution in [0.15, 0.2) is 42.7 Å². The first kappa shape index (κ1) is 25.9.